The van der Waals surface area contributed by atoms with Crippen LogP contribution >= 0.6 is 0 Å². The lowest BCUT2D eigenvalue weighted by atomic mass is 9.80. The van der Waals surface area contributed by atoms with Gasteiger partial charge in [0.25, 0.3) is 0 Å². The van der Waals surface area contributed by atoms with Crippen molar-refractivity contribution < 1.29 is 4.42 Å². The first kappa shape index (κ1) is 33.9. The Labute approximate surface area is 335 Å². The highest BCUT2D eigenvalue weighted by Gasteiger charge is 2.35. The predicted octanol–water partition coefficient (Wildman–Crippen LogP) is 15.9. The van der Waals surface area contributed by atoms with Crippen molar-refractivity contribution in [2.75, 3.05) is 4.90 Å². The number of hydrogen-bond donors (Lipinski definition) is 0. The minimum Gasteiger partial charge on any atom is -0.456 e. The zero-order valence-electron chi connectivity index (χ0n) is 32.6. The van der Waals surface area contributed by atoms with E-state index >= 15 is 0 Å². The topological polar surface area (TPSA) is 16.4 Å². The van der Waals surface area contributed by atoms with E-state index in [1.165, 1.54) is 92.9 Å². The maximum atomic E-state index is 6.32. The van der Waals surface area contributed by atoms with Gasteiger partial charge < -0.3 is 9.32 Å². The van der Waals surface area contributed by atoms with Crippen molar-refractivity contribution in [3.8, 4) is 33.4 Å². The van der Waals surface area contributed by atoms with E-state index in [0.717, 1.165) is 39.0 Å². The van der Waals surface area contributed by atoms with Crippen molar-refractivity contribution in [2.24, 2.45) is 0 Å². The number of fused-ring (bicyclic) bond motifs is 7. The molecule has 0 amide bonds. The van der Waals surface area contributed by atoms with Crippen molar-refractivity contribution >= 4 is 49.8 Å². The highest BCUT2D eigenvalue weighted by Crippen LogP contribution is 2.50. The van der Waals surface area contributed by atoms with Gasteiger partial charge in [-0.1, -0.05) is 154 Å². The van der Waals surface area contributed by atoms with Crippen LogP contribution in [0.25, 0.3) is 66.1 Å². The number of furan rings is 1. The van der Waals surface area contributed by atoms with Crippen molar-refractivity contribution in [2.45, 2.75) is 57.3 Å². The number of rotatable bonds is 6. The molecule has 1 fully saturated rings. The summed E-state index contributed by atoms with van der Waals surface area (Å²) in [5.41, 5.74) is 17.1. The van der Waals surface area contributed by atoms with E-state index in [0.29, 0.717) is 5.92 Å². The Kier molecular flexibility index (Phi) is 7.96. The van der Waals surface area contributed by atoms with Crippen LogP contribution in [0.1, 0.15) is 68.6 Å². The van der Waals surface area contributed by atoms with Gasteiger partial charge in [-0.15, -0.1) is 0 Å². The van der Waals surface area contributed by atoms with Gasteiger partial charge in [0.05, 0.1) is 5.69 Å². The van der Waals surface area contributed by atoms with E-state index in [2.05, 4.69) is 183 Å². The standard InChI is InChI=1S/C55H45NO/c1-55(2)49-23-9-6-18-43(49)44-32-28-39(34-50(44)55)36-26-29-40(30-27-36)56(41-31-33-53-48(35-41)46-20-8-11-25-52(46)57-53)51-24-10-7-19-45(51)47-22-13-17-38-16-12-21-42(54(38)47)37-14-4-3-5-15-37/h6-13,16-35,37H,3-5,14-15H2,1-2H3. The molecule has 0 radical (unpaired) electrons. The van der Waals surface area contributed by atoms with Crippen molar-refractivity contribution in [3.05, 3.63) is 187 Å². The van der Waals surface area contributed by atoms with Gasteiger partial charge in [0.2, 0.25) is 0 Å². The van der Waals surface area contributed by atoms with Gasteiger partial charge in [0.1, 0.15) is 11.2 Å². The molecule has 0 saturated heterocycles. The average Bonchev–Trinajstić information content (AvgIpc) is 3.75. The molecule has 8 aromatic carbocycles. The largest absolute Gasteiger partial charge is 0.456 e. The molecule has 1 aromatic heterocycles. The van der Waals surface area contributed by atoms with Crippen LogP contribution in [0.5, 0.6) is 0 Å². The fraction of sp³-hybridized carbons (Fsp3) is 0.164. The Bertz CT molecular complexity index is 2970. The molecular formula is C55H45NO. The number of nitrogens with zero attached hydrogens (tertiary/aromatic N) is 1. The minimum atomic E-state index is -0.0449. The maximum Gasteiger partial charge on any atom is 0.135 e. The molecule has 0 spiro atoms. The molecule has 0 bridgehead atoms. The highest BCUT2D eigenvalue weighted by molar-refractivity contribution is 6.08. The molecule has 0 N–H and O–H groups in total. The van der Waals surface area contributed by atoms with Gasteiger partial charge in [-0.05, 0) is 123 Å². The SMILES string of the molecule is CC1(C)c2ccccc2-c2ccc(-c3ccc(N(c4ccc5oc6ccccc6c5c4)c4ccccc4-c4cccc5cccc(C6CCCCC6)c45)cc3)cc21. The molecule has 2 heteroatoms. The van der Waals surface area contributed by atoms with Crippen LogP contribution in [0.3, 0.4) is 0 Å². The quantitative estimate of drug-likeness (QED) is 0.169. The van der Waals surface area contributed by atoms with Crippen molar-refractivity contribution in [1.29, 1.82) is 0 Å². The number of para-hydroxylation sites is 2. The summed E-state index contributed by atoms with van der Waals surface area (Å²) in [6, 6.07) is 62.9. The van der Waals surface area contributed by atoms with Crippen molar-refractivity contribution in [1.82, 2.24) is 0 Å². The lowest BCUT2D eigenvalue weighted by Gasteiger charge is -2.29. The second kappa shape index (κ2) is 13.4. The Balaban J connectivity index is 1.07. The smallest absolute Gasteiger partial charge is 0.135 e. The zero-order valence-corrected chi connectivity index (χ0v) is 32.6. The number of anilines is 3. The fourth-order valence-corrected chi connectivity index (χ4v) is 10.2. The summed E-state index contributed by atoms with van der Waals surface area (Å²) >= 11 is 0. The third-order valence-electron chi connectivity index (χ3n) is 13.1. The first-order valence-corrected chi connectivity index (χ1v) is 20.7. The Morgan fingerprint density at radius 1 is 0.491 bits per heavy atom. The summed E-state index contributed by atoms with van der Waals surface area (Å²) in [5, 5.41) is 4.96. The van der Waals surface area contributed by atoms with Crippen LogP contribution in [-0.2, 0) is 5.41 Å². The highest BCUT2D eigenvalue weighted by atomic mass is 16.3. The second-order valence-corrected chi connectivity index (χ2v) is 16.7. The first-order chi connectivity index (χ1) is 28.0. The third-order valence-corrected chi connectivity index (χ3v) is 13.1. The molecule has 9 aromatic rings. The first-order valence-electron chi connectivity index (χ1n) is 20.7. The maximum absolute atomic E-state index is 6.32. The monoisotopic (exact) mass is 735 g/mol. The molecule has 0 atom stereocenters. The van der Waals surface area contributed by atoms with Crippen LogP contribution in [0.2, 0.25) is 0 Å². The summed E-state index contributed by atoms with van der Waals surface area (Å²) in [6.45, 7) is 4.71. The van der Waals surface area contributed by atoms with Crippen LogP contribution < -0.4 is 4.90 Å². The van der Waals surface area contributed by atoms with Crippen LogP contribution in [0.15, 0.2) is 174 Å². The van der Waals surface area contributed by atoms with Gasteiger partial charge >= 0.3 is 0 Å². The molecule has 11 rings (SSSR count). The minimum absolute atomic E-state index is 0.0449. The molecular weight excluding hydrogens is 691 g/mol. The lowest BCUT2D eigenvalue weighted by molar-refractivity contribution is 0.445. The van der Waals surface area contributed by atoms with Crippen LogP contribution in [0.4, 0.5) is 17.1 Å². The molecule has 2 nitrogen and oxygen atoms in total. The molecule has 0 unspecified atom stereocenters. The normalized spacial score (nSPS) is 14.9. The van der Waals surface area contributed by atoms with Gasteiger partial charge in [0.15, 0.2) is 0 Å². The van der Waals surface area contributed by atoms with E-state index < -0.39 is 0 Å². The van der Waals surface area contributed by atoms with Gasteiger partial charge in [0, 0.05) is 33.1 Å². The number of hydrogen-bond acceptors (Lipinski definition) is 2. The zero-order chi connectivity index (χ0) is 38.1. The molecule has 2 aliphatic carbocycles. The average molecular weight is 736 g/mol. The van der Waals surface area contributed by atoms with E-state index in [9.17, 15) is 0 Å². The van der Waals surface area contributed by atoms with E-state index in [1.807, 2.05) is 6.07 Å². The van der Waals surface area contributed by atoms with Gasteiger partial charge in [-0.3, -0.25) is 0 Å². The predicted molar refractivity (Wildman–Crippen MR) is 240 cm³/mol. The molecule has 1 saturated carbocycles. The molecule has 1 heterocycles. The van der Waals surface area contributed by atoms with Crippen LogP contribution in [0, 0.1) is 0 Å². The Morgan fingerprint density at radius 3 is 2.02 bits per heavy atom. The van der Waals surface area contributed by atoms with E-state index in [1.54, 1.807) is 0 Å². The molecule has 276 valence electrons. The fourth-order valence-electron chi connectivity index (χ4n) is 10.2. The second-order valence-electron chi connectivity index (χ2n) is 16.7. The van der Waals surface area contributed by atoms with E-state index in [4.69, 9.17) is 4.42 Å². The van der Waals surface area contributed by atoms with Crippen molar-refractivity contribution in [3.63, 3.8) is 0 Å². The summed E-state index contributed by atoms with van der Waals surface area (Å²) in [4.78, 5) is 2.45. The summed E-state index contributed by atoms with van der Waals surface area (Å²) in [6.07, 6.45) is 6.50. The third kappa shape index (κ3) is 5.53. The molecule has 57 heavy (non-hydrogen) atoms. The summed E-state index contributed by atoms with van der Waals surface area (Å²) < 4.78 is 6.32. The van der Waals surface area contributed by atoms with E-state index in [-0.39, 0.29) is 5.41 Å². The summed E-state index contributed by atoms with van der Waals surface area (Å²) in [7, 11) is 0. The summed E-state index contributed by atoms with van der Waals surface area (Å²) in [5.74, 6) is 0.593. The molecule has 2 aliphatic rings. The molecule has 0 aliphatic heterocycles. The van der Waals surface area contributed by atoms with Crippen LogP contribution in [-0.4, -0.2) is 0 Å². The Hall–Kier alpha value is -6.38. The van der Waals surface area contributed by atoms with Gasteiger partial charge in [-0.2, -0.15) is 0 Å². The van der Waals surface area contributed by atoms with Gasteiger partial charge in [-0.25, -0.2) is 0 Å². The lowest BCUT2D eigenvalue weighted by Crippen LogP contribution is -2.14. The number of benzene rings is 8. The Morgan fingerprint density at radius 2 is 1.16 bits per heavy atom.